The second-order valence-corrected chi connectivity index (χ2v) is 8.69. The Hall–Kier alpha value is -3.74. The molecule has 33 heavy (non-hydrogen) atoms. The molecule has 10 heteroatoms. The van der Waals surface area contributed by atoms with E-state index >= 15 is 0 Å². The lowest BCUT2D eigenvalue weighted by molar-refractivity contribution is -0.118. The maximum Gasteiger partial charge on any atom is 0.408 e. The molecule has 0 saturated heterocycles. The van der Waals surface area contributed by atoms with Crippen molar-refractivity contribution in [3.8, 4) is 17.3 Å². The van der Waals surface area contributed by atoms with Crippen LogP contribution in [0.4, 0.5) is 19.3 Å². The average Bonchev–Trinajstić information content (AvgIpc) is 3.14. The SMILES string of the molecule is C[C@@H]1/C=C\C[C@H](NC(=O)OC(C)(C)C)c2ccc(C#N)c(c2)-c2c(cnn2C(F)F)NC1=O. The van der Waals surface area contributed by atoms with Gasteiger partial charge in [0, 0.05) is 5.56 Å². The first-order valence-electron chi connectivity index (χ1n) is 10.4. The summed E-state index contributed by atoms with van der Waals surface area (Å²) in [7, 11) is 0. The molecule has 2 amide bonds. The van der Waals surface area contributed by atoms with E-state index in [0.717, 1.165) is 6.20 Å². The smallest absolute Gasteiger partial charge is 0.408 e. The van der Waals surface area contributed by atoms with Gasteiger partial charge in [0.25, 0.3) is 0 Å². The first-order valence-corrected chi connectivity index (χ1v) is 10.4. The van der Waals surface area contributed by atoms with Gasteiger partial charge in [-0.15, -0.1) is 0 Å². The third-order valence-corrected chi connectivity index (χ3v) is 4.96. The summed E-state index contributed by atoms with van der Waals surface area (Å²) in [5.41, 5.74) is 0.111. The van der Waals surface area contributed by atoms with Gasteiger partial charge in [-0.2, -0.15) is 19.1 Å². The molecule has 2 aromatic rings. The molecule has 1 aliphatic heterocycles. The number of carbonyl (C=O) groups excluding carboxylic acids is 2. The Labute approximate surface area is 190 Å². The van der Waals surface area contributed by atoms with E-state index in [1.165, 1.54) is 6.07 Å². The molecule has 1 aliphatic rings. The van der Waals surface area contributed by atoms with Gasteiger partial charge >= 0.3 is 12.6 Å². The van der Waals surface area contributed by atoms with Crippen molar-refractivity contribution in [1.29, 1.82) is 5.26 Å². The number of nitriles is 1. The number of aromatic nitrogens is 2. The van der Waals surface area contributed by atoms with E-state index in [2.05, 4.69) is 15.7 Å². The van der Waals surface area contributed by atoms with Gasteiger partial charge in [0.2, 0.25) is 5.91 Å². The summed E-state index contributed by atoms with van der Waals surface area (Å²) in [5.74, 6) is -1.00. The number of halogens is 2. The summed E-state index contributed by atoms with van der Waals surface area (Å²) >= 11 is 0. The molecule has 2 bridgehead atoms. The molecule has 174 valence electrons. The van der Waals surface area contributed by atoms with Gasteiger partial charge in [0.05, 0.1) is 41.2 Å². The molecule has 2 N–H and O–H groups in total. The van der Waals surface area contributed by atoms with Crippen LogP contribution >= 0.6 is 0 Å². The number of alkyl carbamates (subject to hydrolysis) is 1. The minimum Gasteiger partial charge on any atom is -0.444 e. The number of nitrogens with one attached hydrogen (secondary N) is 2. The van der Waals surface area contributed by atoms with E-state index in [4.69, 9.17) is 4.74 Å². The quantitative estimate of drug-likeness (QED) is 0.623. The molecule has 0 saturated carbocycles. The van der Waals surface area contributed by atoms with E-state index in [1.807, 2.05) is 6.07 Å². The number of fused-ring (bicyclic) bond motifs is 4. The first-order chi connectivity index (χ1) is 15.5. The van der Waals surface area contributed by atoms with Crippen molar-refractivity contribution in [3.63, 3.8) is 0 Å². The summed E-state index contributed by atoms with van der Waals surface area (Å²) in [6.45, 7) is 3.87. The molecule has 0 radical (unpaired) electrons. The highest BCUT2D eigenvalue weighted by Crippen LogP contribution is 2.36. The molecule has 0 unspecified atom stereocenters. The molecule has 3 rings (SSSR count). The Morgan fingerprint density at radius 3 is 2.76 bits per heavy atom. The van der Waals surface area contributed by atoms with Crippen LogP contribution in [0.3, 0.4) is 0 Å². The average molecular weight is 457 g/mol. The fraction of sp³-hybridized carbons (Fsp3) is 0.391. The van der Waals surface area contributed by atoms with Crippen molar-refractivity contribution in [2.24, 2.45) is 5.92 Å². The zero-order valence-electron chi connectivity index (χ0n) is 18.7. The number of nitrogens with zero attached hydrogens (tertiary/aromatic N) is 3. The normalized spacial score (nSPS) is 19.4. The minimum atomic E-state index is -3.00. The van der Waals surface area contributed by atoms with Crippen LogP contribution in [-0.4, -0.2) is 27.4 Å². The van der Waals surface area contributed by atoms with Crippen molar-refractivity contribution in [3.05, 3.63) is 47.7 Å². The monoisotopic (exact) mass is 457 g/mol. The summed E-state index contributed by atoms with van der Waals surface area (Å²) in [5, 5.41) is 18.8. The zero-order chi connectivity index (χ0) is 24.3. The Morgan fingerprint density at radius 1 is 1.39 bits per heavy atom. The van der Waals surface area contributed by atoms with Gasteiger partial charge in [-0.3, -0.25) is 4.79 Å². The molecule has 1 aromatic heterocycles. The molecule has 1 aromatic carbocycles. The number of hydrogen-bond donors (Lipinski definition) is 2. The fourth-order valence-electron chi connectivity index (χ4n) is 3.42. The number of rotatable bonds is 2. The van der Waals surface area contributed by atoms with E-state index in [-0.39, 0.29) is 22.5 Å². The number of alkyl halides is 2. The number of amides is 2. The second-order valence-electron chi connectivity index (χ2n) is 8.69. The van der Waals surface area contributed by atoms with Crippen LogP contribution in [0.15, 0.2) is 36.5 Å². The number of ether oxygens (including phenoxy) is 1. The number of carbonyl (C=O) groups is 2. The van der Waals surface area contributed by atoms with Crippen LogP contribution in [0.5, 0.6) is 0 Å². The van der Waals surface area contributed by atoms with Crippen molar-refractivity contribution < 1.29 is 23.1 Å². The van der Waals surface area contributed by atoms with E-state index in [9.17, 15) is 23.6 Å². The second kappa shape index (κ2) is 9.40. The van der Waals surface area contributed by atoms with Gasteiger partial charge in [-0.25, -0.2) is 9.48 Å². The highest BCUT2D eigenvalue weighted by atomic mass is 19.3. The lowest BCUT2D eigenvalue weighted by Gasteiger charge is -2.24. The fourth-order valence-corrected chi connectivity index (χ4v) is 3.42. The zero-order valence-corrected chi connectivity index (χ0v) is 18.7. The molecule has 2 heterocycles. The van der Waals surface area contributed by atoms with Crippen LogP contribution in [0.25, 0.3) is 11.3 Å². The van der Waals surface area contributed by atoms with E-state index < -0.39 is 36.1 Å². The Morgan fingerprint density at radius 2 is 2.12 bits per heavy atom. The maximum absolute atomic E-state index is 13.7. The van der Waals surface area contributed by atoms with Crippen LogP contribution < -0.4 is 10.6 Å². The third kappa shape index (κ3) is 5.55. The molecular weight excluding hydrogens is 432 g/mol. The highest BCUT2D eigenvalue weighted by molar-refractivity contribution is 5.97. The van der Waals surface area contributed by atoms with Gasteiger partial charge in [0.15, 0.2) is 0 Å². The van der Waals surface area contributed by atoms with Gasteiger partial charge in [-0.1, -0.05) is 25.1 Å². The molecular formula is C23H25F2N5O3. The van der Waals surface area contributed by atoms with Gasteiger partial charge < -0.3 is 15.4 Å². The van der Waals surface area contributed by atoms with E-state index in [1.54, 1.807) is 52.0 Å². The van der Waals surface area contributed by atoms with Crippen LogP contribution in [0.1, 0.15) is 57.8 Å². The Bertz CT molecular complexity index is 1130. The van der Waals surface area contributed by atoms with Gasteiger partial charge in [-0.05, 0) is 44.9 Å². The topological polar surface area (TPSA) is 109 Å². The highest BCUT2D eigenvalue weighted by Gasteiger charge is 2.26. The Balaban J connectivity index is 2.17. The minimum absolute atomic E-state index is 0.0615. The van der Waals surface area contributed by atoms with Crippen molar-refractivity contribution in [2.45, 2.75) is 52.3 Å². The van der Waals surface area contributed by atoms with Crippen molar-refractivity contribution in [2.75, 3.05) is 5.32 Å². The number of benzene rings is 1. The van der Waals surface area contributed by atoms with Crippen LogP contribution in [-0.2, 0) is 9.53 Å². The standard InChI is InChI=1S/C23H25F2N5O3/c1-13-6-5-7-17(29-22(32)33-23(2,3)4)14-8-9-15(11-26)16(10-14)19-18(28-20(13)31)12-27-30(19)21(24)25/h5-6,8-10,12-13,17,21H,7H2,1-4H3,(H,28,31)(H,29,32)/b6-5-/t13-,17+/m1/s1. The van der Waals surface area contributed by atoms with E-state index in [0.29, 0.717) is 16.7 Å². The first kappa shape index (κ1) is 23.9. The Kier molecular flexibility index (Phi) is 6.81. The molecule has 0 spiro atoms. The lowest BCUT2D eigenvalue weighted by Crippen LogP contribution is -2.35. The maximum atomic E-state index is 13.7. The van der Waals surface area contributed by atoms with Crippen LogP contribution in [0.2, 0.25) is 0 Å². The van der Waals surface area contributed by atoms with Gasteiger partial charge in [0.1, 0.15) is 5.60 Å². The largest absolute Gasteiger partial charge is 0.444 e. The number of anilines is 1. The summed E-state index contributed by atoms with van der Waals surface area (Å²) < 4.78 is 33.3. The van der Waals surface area contributed by atoms with Crippen LogP contribution in [0, 0.1) is 17.2 Å². The predicted molar refractivity (Wildman–Crippen MR) is 117 cm³/mol. The summed E-state index contributed by atoms with van der Waals surface area (Å²) in [6, 6.07) is 6.09. The molecule has 2 atom stereocenters. The van der Waals surface area contributed by atoms with Crippen molar-refractivity contribution in [1.82, 2.24) is 15.1 Å². The molecule has 0 aliphatic carbocycles. The third-order valence-electron chi connectivity index (χ3n) is 4.96. The van der Waals surface area contributed by atoms with Crippen molar-refractivity contribution >= 4 is 17.7 Å². The molecule has 8 nitrogen and oxygen atoms in total. The summed E-state index contributed by atoms with van der Waals surface area (Å²) in [6.07, 6.45) is 4.22. The predicted octanol–water partition coefficient (Wildman–Crippen LogP) is 4.92. The number of hydrogen-bond acceptors (Lipinski definition) is 5. The molecule has 0 fully saturated rings. The summed E-state index contributed by atoms with van der Waals surface area (Å²) in [4.78, 5) is 25.1. The lowest BCUT2D eigenvalue weighted by atomic mass is 9.95.